The Morgan fingerprint density at radius 1 is 0.929 bits per heavy atom. The maximum Gasteiger partial charge on any atom is 0.259 e. The van der Waals surface area contributed by atoms with Gasteiger partial charge in [-0.2, -0.15) is 0 Å². The Hall–Kier alpha value is -2.93. The van der Waals surface area contributed by atoms with Gasteiger partial charge in [0.2, 0.25) is 0 Å². The molecule has 1 N–H and O–H groups in total. The van der Waals surface area contributed by atoms with E-state index in [9.17, 15) is 9.59 Å². The molecule has 0 aliphatic heterocycles. The van der Waals surface area contributed by atoms with E-state index in [1.54, 1.807) is 25.1 Å². The molecule has 1 amide bonds. The molecule has 0 saturated heterocycles. The van der Waals surface area contributed by atoms with Gasteiger partial charge in [-0.05, 0) is 53.8 Å². The summed E-state index contributed by atoms with van der Waals surface area (Å²) in [5.41, 5.74) is 2.51. The fourth-order valence-electron chi connectivity index (χ4n) is 3.11. The first kappa shape index (κ1) is 18.4. The number of hydrogen-bond donors (Lipinski definition) is 1. The number of benzene rings is 3. The zero-order valence-corrected chi connectivity index (χ0v) is 17.2. The van der Waals surface area contributed by atoms with Crippen LogP contribution >= 0.6 is 22.6 Å². The van der Waals surface area contributed by atoms with Crippen LogP contribution in [0.3, 0.4) is 0 Å². The SMILES string of the molecule is Cc1c(-c2ccccc2)oc2c(C(=O)Nc3ccccc3I)cccc2c1=O. The number of para-hydroxylation sites is 2. The van der Waals surface area contributed by atoms with E-state index in [0.29, 0.717) is 33.5 Å². The Bertz CT molecular complexity index is 1250. The lowest BCUT2D eigenvalue weighted by Gasteiger charge is -2.11. The number of nitrogens with one attached hydrogen (secondary N) is 1. The molecular formula is C23H16INO3. The van der Waals surface area contributed by atoms with E-state index < -0.39 is 0 Å². The summed E-state index contributed by atoms with van der Waals surface area (Å²) >= 11 is 2.17. The Labute approximate surface area is 175 Å². The van der Waals surface area contributed by atoms with Gasteiger partial charge in [0, 0.05) is 14.7 Å². The zero-order chi connectivity index (χ0) is 19.7. The number of halogens is 1. The molecule has 4 nitrogen and oxygen atoms in total. The summed E-state index contributed by atoms with van der Waals surface area (Å²) in [4.78, 5) is 25.9. The highest BCUT2D eigenvalue weighted by molar-refractivity contribution is 14.1. The molecule has 0 aliphatic carbocycles. The predicted molar refractivity (Wildman–Crippen MR) is 120 cm³/mol. The molecule has 1 aromatic heterocycles. The van der Waals surface area contributed by atoms with E-state index in [-0.39, 0.29) is 11.3 Å². The number of rotatable bonds is 3. The molecule has 0 spiro atoms. The normalized spacial score (nSPS) is 10.8. The van der Waals surface area contributed by atoms with Gasteiger partial charge in [-0.3, -0.25) is 9.59 Å². The Kier molecular flexibility index (Phi) is 5.00. The summed E-state index contributed by atoms with van der Waals surface area (Å²) in [6, 6.07) is 22.0. The summed E-state index contributed by atoms with van der Waals surface area (Å²) < 4.78 is 7.04. The Morgan fingerprint density at radius 2 is 1.64 bits per heavy atom. The van der Waals surface area contributed by atoms with Crippen LogP contribution < -0.4 is 10.7 Å². The summed E-state index contributed by atoms with van der Waals surface area (Å²) in [5.74, 6) is 0.161. The van der Waals surface area contributed by atoms with Gasteiger partial charge in [-0.15, -0.1) is 0 Å². The van der Waals surface area contributed by atoms with E-state index in [1.807, 2.05) is 54.6 Å². The van der Waals surface area contributed by atoms with Gasteiger partial charge in [-0.1, -0.05) is 48.5 Å². The average molecular weight is 481 g/mol. The van der Waals surface area contributed by atoms with Crippen LogP contribution in [0.25, 0.3) is 22.3 Å². The highest BCUT2D eigenvalue weighted by atomic mass is 127. The van der Waals surface area contributed by atoms with E-state index >= 15 is 0 Å². The lowest BCUT2D eigenvalue weighted by atomic mass is 10.0. The maximum atomic E-state index is 12.9. The molecule has 0 bridgehead atoms. The lowest BCUT2D eigenvalue weighted by Crippen LogP contribution is -2.15. The van der Waals surface area contributed by atoms with Crippen molar-refractivity contribution in [2.24, 2.45) is 0 Å². The molecule has 1 heterocycles. The Balaban J connectivity index is 1.88. The van der Waals surface area contributed by atoms with Crippen LogP contribution in [0, 0.1) is 10.5 Å². The van der Waals surface area contributed by atoms with Gasteiger partial charge >= 0.3 is 0 Å². The third-order valence-corrected chi connectivity index (χ3v) is 5.49. The first-order chi connectivity index (χ1) is 13.6. The van der Waals surface area contributed by atoms with Crippen molar-refractivity contribution < 1.29 is 9.21 Å². The van der Waals surface area contributed by atoms with Crippen LogP contribution in [0.5, 0.6) is 0 Å². The lowest BCUT2D eigenvalue weighted by molar-refractivity contribution is 0.102. The second-order valence-electron chi connectivity index (χ2n) is 6.37. The highest BCUT2D eigenvalue weighted by Gasteiger charge is 2.18. The quantitative estimate of drug-likeness (QED) is 0.386. The molecule has 3 aromatic carbocycles. The van der Waals surface area contributed by atoms with Crippen LogP contribution in [0.4, 0.5) is 5.69 Å². The molecule has 0 saturated carbocycles. The van der Waals surface area contributed by atoms with Crippen LogP contribution in [0.1, 0.15) is 15.9 Å². The first-order valence-electron chi connectivity index (χ1n) is 8.74. The third-order valence-electron chi connectivity index (χ3n) is 4.55. The van der Waals surface area contributed by atoms with E-state index in [1.165, 1.54) is 0 Å². The number of hydrogen-bond acceptors (Lipinski definition) is 3. The van der Waals surface area contributed by atoms with Gasteiger partial charge in [0.15, 0.2) is 11.0 Å². The number of carbonyl (C=O) groups is 1. The van der Waals surface area contributed by atoms with Crippen LogP contribution in [0.2, 0.25) is 0 Å². The molecule has 0 radical (unpaired) electrons. The second-order valence-corrected chi connectivity index (χ2v) is 7.53. The van der Waals surface area contributed by atoms with Crippen molar-refractivity contribution in [3.8, 4) is 11.3 Å². The average Bonchev–Trinajstić information content (AvgIpc) is 2.72. The first-order valence-corrected chi connectivity index (χ1v) is 9.82. The van der Waals surface area contributed by atoms with Crippen molar-refractivity contribution in [2.45, 2.75) is 6.92 Å². The van der Waals surface area contributed by atoms with Crippen molar-refractivity contribution in [3.05, 3.63) is 97.7 Å². The van der Waals surface area contributed by atoms with E-state index in [4.69, 9.17) is 4.42 Å². The molecule has 28 heavy (non-hydrogen) atoms. The van der Waals surface area contributed by atoms with E-state index in [0.717, 1.165) is 9.13 Å². The number of anilines is 1. The van der Waals surface area contributed by atoms with Gasteiger partial charge in [0.1, 0.15) is 5.76 Å². The monoisotopic (exact) mass is 481 g/mol. The molecule has 5 heteroatoms. The van der Waals surface area contributed by atoms with Crippen molar-refractivity contribution >= 4 is 45.2 Å². The minimum Gasteiger partial charge on any atom is -0.455 e. The fourth-order valence-corrected chi connectivity index (χ4v) is 3.63. The van der Waals surface area contributed by atoms with Gasteiger partial charge in [0.25, 0.3) is 5.91 Å². The molecule has 0 aliphatic rings. The summed E-state index contributed by atoms with van der Waals surface area (Å²) in [7, 11) is 0. The molecule has 0 fully saturated rings. The van der Waals surface area contributed by atoms with Crippen LogP contribution in [0.15, 0.2) is 82.0 Å². The standard InChI is InChI=1S/C23H16INO3/c1-14-20(26)16-10-7-11-17(23(27)25-19-13-6-5-12-18(19)24)22(16)28-21(14)15-8-3-2-4-9-15/h2-13H,1H3,(H,25,27). The number of fused-ring (bicyclic) bond motifs is 1. The summed E-state index contributed by atoms with van der Waals surface area (Å²) in [5, 5.41) is 3.30. The second kappa shape index (κ2) is 7.59. The van der Waals surface area contributed by atoms with Crippen molar-refractivity contribution in [1.29, 1.82) is 0 Å². The molecule has 4 rings (SSSR count). The molecule has 138 valence electrons. The van der Waals surface area contributed by atoms with Gasteiger partial charge in [-0.25, -0.2) is 0 Å². The summed E-state index contributed by atoms with van der Waals surface area (Å²) in [6.45, 7) is 1.74. The molecule has 4 aromatic rings. The summed E-state index contributed by atoms with van der Waals surface area (Å²) in [6.07, 6.45) is 0. The number of carbonyl (C=O) groups excluding carboxylic acids is 1. The minimum atomic E-state index is -0.319. The van der Waals surface area contributed by atoms with Gasteiger partial charge in [0.05, 0.1) is 16.6 Å². The van der Waals surface area contributed by atoms with Crippen molar-refractivity contribution in [2.75, 3.05) is 5.32 Å². The highest BCUT2D eigenvalue weighted by Crippen LogP contribution is 2.28. The topological polar surface area (TPSA) is 59.3 Å². The molecular weight excluding hydrogens is 465 g/mol. The van der Waals surface area contributed by atoms with Crippen molar-refractivity contribution in [1.82, 2.24) is 0 Å². The van der Waals surface area contributed by atoms with E-state index in [2.05, 4.69) is 27.9 Å². The largest absolute Gasteiger partial charge is 0.455 e. The fraction of sp³-hybridized carbons (Fsp3) is 0.0435. The number of amides is 1. The third kappa shape index (κ3) is 3.33. The van der Waals surface area contributed by atoms with Crippen LogP contribution in [-0.4, -0.2) is 5.91 Å². The smallest absolute Gasteiger partial charge is 0.259 e. The predicted octanol–water partition coefficient (Wildman–Crippen LogP) is 5.63. The minimum absolute atomic E-state index is 0.135. The molecule has 0 atom stereocenters. The Morgan fingerprint density at radius 3 is 2.39 bits per heavy atom. The maximum absolute atomic E-state index is 12.9. The van der Waals surface area contributed by atoms with Crippen LogP contribution in [-0.2, 0) is 0 Å². The molecule has 0 unspecified atom stereocenters. The van der Waals surface area contributed by atoms with Gasteiger partial charge < -0.3 is 9.73 Å². The zero-order valence-electron chi connectivity index (χ0n) is 15.0. The van der Waals surface area contributed by atoms with Crippen molar-refractivity contribution in [3.63, 3.8) is 0 Å².